The van der Waals surface area contributed by atoms with Crippen molar-refractivity contribution in [2.24, 2.45) is 11.8 Å². The summed E-state index contributed by atoms with van der Waals surface area (Å²) in [5.74, 6) is 2.13. The van der Waals surface area contributed by atoms with Crippen LogP contribution >= 0.6 is 0 Å². The quantitative estimate of drug-likeness (QED) is 0.792. The Hall–Kier alpha value is -0.0900. The van der Waals surface area contributed by atoms with E-state index in [2.05, 4.69) is 5.32 Å². The van der Waals surface area contributed by atoms with Crippen molar-refractivity contribution in [3.63, 3.8) is 0 Å². The molecule has 2 saturated carbocycles. The first-order chi connectivity index (χ1) is 7.67. The lowest BCUT2D eigenvalue weighted by Gasteiger charge is -2.20. The molecule has 1 heterocycles. The van der Waals surface area contributed by atoms with E-state index in [-0.39, 0.29) is 5.25 Å². The van der Waals surface area contributed by atoms with Gasteiger partial charge in [-0.25, -0.2) is 8.42 Å². The van der Waals surface area contributed by atoms with E-state index in [4.69, 9.17) is 0 Å². The Morgan fingerprint density at radius 3 is 2.12 bits per heavy atom. The number of nitrogens with one attached hydrogen (secondary N) is 1. The highest BCUT2D eigenvalue weighted by atomic mass is 32.2. The largest absolute Gasteiger partial charge is 0.312 e. The molecule has 16 heavy (non-hydrogen) atoms. The molecule has 92 valence electrons. The van der Waals surface area contributed by atoms with Crippen LogP contribution in [0.15, 0.2) is 0 Å². The van der Waals surface area contributed by atoms with Gasteiger partial charge in [0.2, 0.25) is 0 Å². The zero-order valence-electron chi connectivity index (χ0n) is 9.69. The van der Waals surface area contributed by atoms with Gasteiger partial charge in [-0.3, -0.25) is 0 Å². The van der Waals surface area contributed by atoms with E-state index in [0.717, 1.165) is 24.7 Å². The molecule has 0 amide bonds. The van der Waals surface area contributed by atoms with Crippen LogP contribution in [0.3, 0.4) is 0 Å². The first-order valence-corrected chi connectivity index (χ1v) is 8.33. The average molecular weight is 243 g/mol. The van der Waals surface area contributed by atoms with Crippen molar-refractivity contribution >= 4 is 9.84 Å². The van der Waals surface area contributed by atoms with Crippen LogP contribution in [0, 0.1) is 11.8 Å². The van der Waals surface area contributed by atoms with E-state index in [0.29, 0.717) is 18.3 Å². The lowest BCUT2D eigenvalue weighted by molar-refractivity contribution is 0.413. The Kier molecular flexibility index (Phi) is 2.75. The van der Waals surface area contributed by atoms with Crippen molar-refractivity contribution < 1.29 is 8.42 Å². The Labute approximate surface area is 97.9 Å². The second-order valence-corrected chi connectivity index (χ2v) is 8.14. The smallest absolute Gasteiger partial charge is 0.154 e. The minimum absolute atomic E-state index is 0.0903. The number of hydrogen-bond acceptors (Lipinski definition) is 3. The van der Waals surface area contributed by atoms with Crippen LogP contribution in [-0.4, -0.2) is 32.0 Å². The van der Waals surface area contributed by atoms with Crippen molar-refractivity contribution in [3.05, 3.63) is 0 Å². The summed E-state index contributed by atoms with van der Waals surface area (Å²) in [6.07, 6.45) is 7.15. The van der Waals surface area contributed by atoms with Gasteiger partial charge in [-0.2, -0.15) is 0 Å². The molecular formula is C12H21NO2S. The van der Waals surface area contributed by atoms with Crippen LogP contribution in [0.4, 0.5) is 0 Å². The summed E-state index contributed by atoms with van der Waals surface area (Å²) in [6.45, 7) is 0.708. The van der Waals surface area contributed by atoms with Gasteiger partial charge in [-0.05, 0) is 50.4 Å². The first kappa shape index (κ1) is 11.0. The van der Waals surface area contributed by atoms with E-state index in [1.54, 1.807) is 0 Å². The number of hydrogen-bond donors (Lipinski definition) is 1. The maximum Gasteiger partial charge on any atom is 0.154 e. The predicted octanol–water partition coefficient (Wildman–Crippen LogP) is 1.34. The van der Waals surface area contributed by atoms with E-state index < -0.39 is 9.84 Å². The summed E-state index contributed by atoms with van der Waals surface area (Å²) < 4.78 is 23.4. The Morgan fingerprint density at radius 2 is 1.69 bits per heavy atom. The SMILES string of the molecule is O=S1(=O)CCCC1CNC(C1CC1)C1CC1. The standard InChI is InChI=1S/C12H21NO2S/c14-16(15)7-1-2-11(16)8-13-12(9-3-4-9)10-5-6-10/h9-13H,1-8H2. The van der Waals surface area contributed by atoms with Crippen LogP contribution in [-0.2, 0) is 9.84 Å². The Balaban J connectivity index is 1.54. The van der Waals surface area contributed by atoms with Gasteiger partial charge >= 0.3 is 0 Å². The molecule has 0 radical (unpaired) electrons. The van der Waals surface area contributed by atoms with Gasteiger partial charge < -0.3 is 5.32 Å². The summed E-state index contributed by atoms with van der Waals surface area (Å²) >= 11 is 0. The Morgan fingerprint density at radius 1 is 1.06 bits per heavy atom. The second kappa shape index (κ2) is 3.98. The lowest BCUT2D eigenvalue weighted by Crippen LogP contribution is -2.40. The molecule has 4 heteroatoms. The molecule has 1 N–H and O–H groups in total. The maximum atomic E-state index is 11.7. The molecule has 1 unspecified atom stereocenters. The van der Waals surface area contributed by atoms with Crippen molar-refractivity contribution in [2.45, 2.75) is 49.8 Å². The minimum Gasteiger partial charge on any atom is -0.312 e. The number of sulfone groups is 1. The molecule has 0 aromatic heterocycles. The highest BCUT2D eigenvalue weighted by molar-refractivity contribution is 7.92. The van der Waals surface area contributed by atoms with Gasteiger partial charge in [0.25, 0.3) is 0 Å². The van der Waals surface area contributed by atoms with Crippen LogP contribution in [0.2, 0.25) is 0 Å². The summed E-state index contributed by atoms with van der Waals surface area (Å²) in [5, 5.41) is 3.47. The fourth-order valence-electron chi connectivity index (χ4n) is 2.98. The molecule has 1 aliphatic heterocycles. The monoisotopic (exact) mass is 243 g/mol. The molecule has 3 rings (SSSR count). The molecule has 0 aromatic carbocycles. The van der Waals surface area contributed by atoms with Gasteiger partial charge in [-0.15, -0.1) is 0 Å². The van der Waals surface area contributed by atoms with Gasteiger partial charge in [-0.1, -0.05) is 0 Å². The van der Waals surface area contributed by atoms with Crippen molar-refractivity contribution in [1.29, 1.82) is 0 Å². The third kappa shape index (κ3) is 2.28. The average Bonchev–Trinajstić information content (AvgIpc) is 3.10. The predicted molar refractivity (Wildman–Crippen MR) is 64.0 cm³/mol. The molecule has 3 fully saturated rings. The summed E-state index contributed by atoms with van der Waals surface area (Å²) in [4.78, 5) is 0. The van der Waals surface area contributed by atoms with Gasteiger partial charge in [0.1, 0.15) is 0 Å². The summed E-state index contributed by atoms with van der Waals surface area (Å²) in [5.41, 5.74) is 0. The van der Waals surface area contributed by atoms with Crippen molar-refractivity contribution in [1.82, 2.24) is 5.32 Å². The van der Waals surface area contributed by atoms with Crippen LogP contribution in [0.1, 0.15) is 38.5 Å². The molecule has 0 spiro atoms. The van der Waals surface area contributed by atoms with E-state index in [9.17, 15) is 8.42 Å². The normalized spacial score (nSPS) is 33.4. The van der Waals surface area contributed by atoms with Crippen LogP contribution < -0.4 is 5.32 Å². The van der Waals surface area contributed by atoms with Gasteiger partial charge in [0.15, 0.2) is 9.84 Å². The Bertz CT molecular complexity index is 345. The first-order valence-electron chi connectivity index (χ1n) is 6.62. The topological polar surface area (TPSA) is 46.2 Å². The number of rotatable bonds is 5. The van der Waals surface area contributed by atoms with Crippen molar-refractivity contribution in [2.75, 3.05) is 12.3 Å². The summed E-state index contributed by atoms with van der Waals surface area (Å²) in [6, 6.07) is 0.635. The molecule has 0 bridgehead atoms. The van der Waals surface area contributed by atoms with E-state index >= 15 is 0 Å². The van der Waals surface area contributed by atoms with E-state index in [1.807, 2.05) is 0 Å². The fraction of sp³-hybridized carbons (Fsp3) is 1.00. The lowest BCUT2D eigenvalue weighted by atomic mass is 10.1. The fourth-order valence-corrected chi connectivity index (χ4v) is 4.76. The third-order valence-electron chi connectivity index (χ3n) is 4.30. The highest BCUT2D eigenvalue weighted by Crippen LogP contribution is 2.44. The highest BCUT2D eigenvalue weighted by Gasteiger charge is 2.42. The molecule has 3 nitrogen and oxygen atoms in total. The molecule has 2 aliphatic carbocycles. The van der Waals surface area contributed by atoms with Crippen LogP contribution in [0.25, 0.3) is 0 Å². The zero-order chi connectivity index (χ0) is 11.2. The van der Waals surface area contributed by atoms with Gasteiger partial charge in [0, 0.05) is 12.6 Å². The molecule has 3 aliphatic rings. The molecular weight excluding hydrogens is 222 g/mol. The van der Waals surface area contributed by atoms with Gasteiger partial charge in [0.05, 0.1) is 11.0 Å². The van der Waals surface area contributed by atoms with Crippen LogP contribution in [0.5, 0.6) is 0 Å². The minimum atomic E-state index is -2.76. The second-order valence-electron chi connectivity index (χ2n) is 5.74. The van der Waals surface area contributed by atoms with E-state index in [1.165, 1.54) is 25.7 Å². The zero-order valence-corrected chi connectivity index (χ0v) is 10.5. The molecule has 1 atom stereocenters. The maximum absolute atomic E-state index is 11.7. The third-order valence-corrected chi connectivity index (χ3v) is 6.58. The molecule has 1 saturated heterocycles. The van der Waals surface area contributed by atoms with Crippen molar-refractivity contribution in [3.8, 4) is 0 Å². The molecule has 0 aromatic rings. The summed E-state index contributed by atoms with van der Waals surface area (Å²) in [7, 11) is -2.76.